The Labute approximate surface area is 105 Å². The minimum Gasteiger partial charge on any atom is -0.508 e. The fourth-order valence-corrected chi connectivity index (χ4v) is 2.20. The molecule has 0 radical (unpaired) electrons. The van der Waals surface area contributed by atoms with E-state index in [0.717, 1.165) is 12.0 Å². The Morgan fingerprint density at radius 3 is 2.78 bits per heavy atom. The molecule has 1 fully saturated rings. The highest BCUT2D eigenvalue weighted by molar-refractivity contribution is 6.02. The smallest absolute Gasteiger partial charge is 0.325 e. The number of amides is 3. The van der Waals surface area contributed by atoms with Gasteiger partial charge in [-0.1, -0.05) is 25.5 Å². The number of hydrogen-bond acceptors (Lipinski definition) is 3. The van der Waals surface area contributed by atoms with Gasteiger partial charge >= 0.3 is 6.03 Å². The van der Waals surface area contributed by atoms with Crippen molar-refractivity contribution in [1.29, 1.82) is 0 Å². The molecule has 96 valence electrons. The molecule has 1 unspecified atom stereocenters. The molecule has 3 amide bonds. The first kappa shape index (κ1) is 12.4. The van der Waals surface area contributed by atoms with Crippen LogP contribution in [-0.2, 0) is 4.79 Å². The van der Waals surface area contributed by atoms with E-state index in [1.54, 1.807) is 18.2 Å². The average Bonchev–Trinajstić information content (AvgIpc) is 2.67. The lowest BCUT2D eigenvalue weighted by atomic mass is 10.0. The number of urea groups is 1. The summed E-state index contributed by atoms with van der Waals surface area (Å²) in [5.41, 5.74) is 0.780. The molecule has 2 rings (SSSR count). The third-order valence-corrected chi connectivity index (χ3v) is 3.01. The van der Waals surface area contributed by atoms with E-state index in [1.165, 1.54) is 4.90 Å². The lowest BCUT2D eigenvalue weighted by Gasteiger charge is -2.25. The largest absolute Gasteiger partial charge is 0.508 e. The van der Waals surface area contributed by atoms with Gasteiger partial charge in [-0.05, 0) is 24.1 Å². The van der Waals surface area contributed by atoms with Crippen molar-refractivity contribution < 1.29 is 14.7 Å². The number of phenolic OH excluding ortho intramolecular Hbond substituents is 1. The highest BCUT2D eigenvalue weighted by atomic mass is 16.3. The molecular formula is C13H16N2O3. The molecule has 0 bridgehead atoms. The molecule has 5 heteroatoms. The summed E-state index contributed by atoms with van der Waals surface area (Å²) in [7, 11) is 0. The number of nitrogens with zero attached hydrogens (tertiary/aromatic N) is 1. The molecule has 1 atom stereocenters. The first-order valence-electron chi connectivity index (χ1n) is 6.02. The quantitative estimate of drug-likeness (QED) is 0.798. The first-order valence-corrected chi connectivity index (χ1v) is 6.02. The third-order valence-electron chi connectivity index (χ3n) is 3.01. The normalized spacial score (nSPS) is 16.8. The molecular weight excluding hydrogens is 232 g/mol. The van der Waals surface area contributed by atoms with Gasteiger partial charge in [0.2, 0.25) is 0 Å². The van der Waals surface area contributed by atoms with Crippen LogP contribution in [0.15, 0.2) is 24.3 Å². The molecule has 0 spiro atoms. The summed E-state index contributed by atoms with van der Waals surface area (Å²) in [6, 6.07) is 6.03. The summed E-state index contributed by atoms with van der Waals surface area (Å²) >= 11 is 0. The standard InChI is InChI=1S/C13H16N2O3/c1-2-4-11(9-5-3-6-10(16)7-9)15-12(17)8-14-13(15)18/h3,5-7,11,16H,2,4,8H2,1H3,(H,14,18). The monoisotopic (exact) mass is 248 g/mol. The van der Waals surface area contributed by atoms with E-state index >= 15 is 0 Å². The van der Waals surface area contributed by atoms with Gasteiger partial charge in [-0.3, -0.25) is 9.69 Å². The van der Waals surface area contributed by atoms with E-state index in [0.29, 0.717) is 6.42 Å². The van der Waals surface area contributed by atoms with Crippen LogP contribution in [0.4, 0.5) is 4.79 Å². The van der Waals surface area contributed by atoms with Crippen LogP contribution in [0.2, 0.25) is 0 Å². The first-order chi connectivity index (χ1) is 8.63. The van der Waals surface area contributed by atoms with Crippen molar-refractivity contribution in [1.82, 2.24) is 10.2 Å². The zero-order valence-electron chi connectivity index (χ0n) is 10.2. The Morgan fingerprint density at radius 1 is 1.44 bits per heavy atom. The van der Waals surface area contributed by atoms with Crippen molar-refractivity contribution in [2.75, 3.05) is 6.54 Å². The summed E-state index contributed by atoms with van der Waals surface area (Å²) in [5, 5.41) is 12.0. The Kier molecular flexibility index (Phi) is 3.50. The number of imide groups is 1. The third kappa shape index (κ3) is 2.30. The fourth-order valence-electron chi connectivity index (χ4n) is 2.20. The van der Waals surface area contributed by atoms with E-state index in [2.05, 4.69) is 5.32 Å². The minimum atomic E-state index is -0.359. The predicted molar refractivity (Wildman–Crippen MR) is 66.0 cm³/mol. The van der Waals surface area contributed by atoms with Crippen LogP contribution in [-0.4, -0.2) is 28.5 Å². The number of phenols is 1. The van der Waals surface area contributed by atoms with Gasteiger partial charge < -0.3 is 10.4 Å². The van der Waals surface area contributed by atoms with E-state index < -0.39 is 0 Å². The van der Waals surface area contributed by atoms with Gasteiger partial charge in [-0.2, -0.15) is 0 Å². The number of benzene rings is 1. The van der Waals surface area contributed by atoms with Crippen LogP contribution in [0.3, 0.4) is 0 Å². The second-order valence-corrected chi connectivity index (χ2v) is 4.32. The van der Waals surface area contributed by atoms with Gasteiger partial charge in [0.25, 0.3) is 5.91 Å². The van der Waals surface area contributed by atoms with Crippen molar-refractivity contribution in [3.8, 4) is 5.75 Å². The van der Waals surface area contributed by atoms with Gasteiger partial charge in [0, 0.05) is 0 Å². The number of nitrogens with one attached hydrogen (secondary N) is 1. The number of aromatic hydroxyl groups is 1. The minimum absolute atomic E-state index is 0.0534. The van der Waals surface area contributed by atoms with Crippen molar-refractivity contribution in [3.63, 3.8) is 0 Å². The Balaban J connectivity index is 2.33. The van der Waals surface area contributed by atoms with E-state index in [4.69, 9.17) is 0 Å². The molecule has 18 heavy (non-hydrogen) atoms. The van der Waals surface area contributed by atoms with Gasteiger partial charge in [0.15, 0.2) is 0 Å². The van der Waals surface area contributed by atoms with E-state index in [9.17, 15) is 14.7 Å². The van der Waals surface area contributed by atoms with Crippen molar-refractivity contribution in [2.24, 2.45) is 0 Å². The van der Waals surface area contributed by atoms with Crippen LogP contribution >= 0.6 is 0 Å². The van der Waals surface area contributed by atoms with Gasteiger partial charge in [-0.25, -0.2) is 4.79 Å². The average molecular weight is 248 g/mol. The molecule has 0 saturated carbocycles. The summed E-state index contributed by atoms with van der Waals surface area (Å²) in [5.74, 6) is -0.0811. The molecule has 1 aliphatic rings. The highest BCUT2D eigenvalue weighted by Gasteiger charge is 2.35. The molecule has 1 aliphatic heterocycles. The molecule has 1 aromatic carbocycles. The maximum atomic E-state index is 11.7. The van der Waals surface area contributed by atoms with Crippen LogP contribution in [0.1, 0.15) is 31.4 Å². The van der Waals surface area contributed by atoms with Gasteiger partial charge in [-0.15, -0.1) is 0 Å². The predicted octanol–water partition coefficient (Wildman–Crippen LogP) is 1.79. The molecule has 1 saturated heterocycles. The second kappa shape index (κ2) is 5.08. The molecule has 1 heterocycles. The molecule has 5 nitrogen and oxygen atoms in total. The van der Waals surface area contributed by atoms with Crippen molar-refractivity contribution >= 4 is 11.9 Å². The number of rotatable bonds is 4. The van der Waals surface area contributed by atoms with Crippen LogP contribution < -0.4 is 5.32 Å². The maximum absolute atomic E-state index is 11.7. The van der Waals surface area contributed by atoms with Gasteiger partial charge in [0.05, 0.1) is 12.6 Å². The lowest BCUT2D eigenvalue weighted by Crippen LogP contribution is -2.35. The maximum Gasteiger partial charge on any atom is 0.325 e. The number of hydrogen-bond donors (Lipinski definition) is 2. The zero-order chi connectivity index (χ0) is 13.1. The molecule has 0 aliphatic carbocycles. The summed E-state index contributed by atoms with van der Waals surface area (Å²) in [6.45, 7) is 2.05. The Morgan fingerprint density at radius 2 is 2.22 bits per heavy atom. The van der Waals surface area contributed by atoms with E-state index in [1.807, 2.05) is 13.0 Å². The van der Waals surface area contributed by atoms with Crippen molar-refractivity contribution in [2.45, 2.75) is 25.8 Å². The summed E-state index contributed by atoms with van der Waals surface area (Å²) in [6.07, 6.45) is 1.53. The van der Waals surface area contributed by atoms with Crippen LogP contribution in [0, 0.1) is 0 Å². The number of carbonyl (C=O) groups is 2. The van der Waals surface area contributed by atoms with Crippen LogP contribution in [0.25, 0.3) is 0 Å². The Bertz CT molecular complexity index is 457. The molecule has 2 N–H and O–H groups in total. The fraction of sp³-hybridized carbons (Fsp3) is 0.385. The second-order valence-electron chi connectivity index (χ2n) is 4.32. The SMILES string of the molecule is CCCC(c1cccc(O)c1)N1C(=O)CNC1=O. The van der Waals surface area contributed by atoms with Crippen molar-refractivity contribution in [3.05, 3.63) is 29.8 Å². The van der Waals surface area contributed by atoms with Gasteiger partial charge in [0.1, 0.15) is 5.75 Å². The lowest BCUT2D eigenvalue weighted by molar-refractivity contribution is -0.126. The number of carbonyl (C=O) groups excluding carboxylic acids is 2. The topological polar surface area (TPSA) is 69.6 Å². The summed E-state index contributed by atoms with van der Waals surface area (Å²) < 4.78 is 0. The van der Waals surface area contributed by atoms with E-state index in [-0.39, 0.29) is 30.3 Å². The molecule has 0 aromatic heterocycles. The van der Waals surface area contributed by atoms with Crippen LogP contribution in [0.5, 0.6) is 5.75 Å². The molecule has 1 aromatic rings. The zero-order valence-corrected chi connectivity index (χ0v) is 10.2. The Hall–Kier alpha value is -2.04. The highest BCUT2D eigenvalue weighted by Crippen LogP contribution is 2.29. The summed E-state index contributed by atoms with van der Waals surface area (Å²) in [4.78, 5) is 24.7.